The van der Waals surface area contributed by atoms with E-state index in [1.54, 1.807) is 0 Å². The third-order valence-corrected chi connectivity index (χ3v) is 3.75. The molecule has 0 radical (unpaired) electrons. The van der Waals surface area contributed by atoms with Crippen LogP contribution in [0.1, 0.15) is 24.4 Å². The van der Waals surface area contributed by atoms with E-state index >= 15 is 0 Å². The highest BCUT2D eigenvalue weighted by Crippen LogP contribution is 2.40. The van der Waals surface area contributed by atoms with E-state index in [0.717, 1.165) is 18.4 Å². The maximum atomic E-state index is 12.8. The molecule has 1 fully saturated rings. The molecular weight excluding hydrogens is 281 g/mol. The number of benzene rings is 2. The molecular formula is C18H18FNO2. The Morgan fingerprint density at radius 1 is 1.14 bits per heavy atom. The van der Waals surface area contributed by atoms with E-state index in [0.29, 0.717) is 11.7 Å². The van der Waals surface area contributed by atoms with Gasteiger partial charge in [0.15, 0.2) is 6.61 Å². The maximum absolute atomic E-state index is 12.8. The molecule has 0 spiro atoms. The fourth-order valence-corrected chi connectivity index (χ4v) is 2.46. The van der Waals surface area contributed by atoms with Gasteiger partial charge in [-0.15, -0.1) is 0 Å². The van der Waals surface area contributed by atoms with Gasteiger partial charge in [-0.3, -0.25) is 4.79 Å². The molecule has 3 nitrogen and oxygen atoms in total. The molecule has 1 aliphatic rings. The molecule has 2 aromatic rings. The highest BCUT2D eigenvalue weighted by atomic mass is 19.1. The monoisotopic (exact) mass is 299 g/mol. The minimum Gasteiger partial charge on any atom is -0.484 e. The lowest BCUT2D eigenvalue weighted by Gasteiger charge is -2.19. The number of ether oxygens (including phenoxy) is 1. The molecule has 0 heterocycles. The number of hydrogen-bond donors (Lipinski definition) is 1. The smallest absolute Gasteiger partial charge is 0.258 e. The van der Waals surface area contributed by atoms with Crippen LogP contribution in [0, 0.1) is 11.7 Å². The summed E-state index contributed by atoms with van der Waals surface area (Å²) < 4.78 is 18.2. The van der Waals surface area contributed by atoms with Crippen molar-refractivity contribution in [3.8, 4) is 5.75 Å². The zero-order valence-electron chi connectivity index (χ0n) is 12.2. The van der Waals surface area contributed by atoms with Crippen LogP contribution in [0.4, 0.5) is 4.39 Å². The first kappa shape index (κ1) is 14.6. The SMILES string of the molecule is O=C(COc1ccc(F)cc1)NC(c1ccccc1)C1CC1. The van der Waals surface area contributed by atoms with Crippen LogP contribution in [0.3, 0.4) is 0 Å². The van der Waals surface area contributed by atoms with Gasteiger partial charge < -0.3 is 10.1 Å². The zero-order valence-corrected chi connectivity index (χ0v) is 12.2. The summed E-state index contributed by atoms with van der Waals surface area (Å²) in [6.07, 6.45) is 2.28. The molecule has 0 saturated heterocycles. The van der Waals surface area contributed by atoms with Crippen molar-refractivity contribution in [3.63, 3.8) is 0 Å². The molecule has 1 N–H and O–H groups in total. The lowest BCUT2D eigenvalue weighted by atomic mass is 10.0. The number of carbonyl (C=O) groups excluding carboxylic acids is 1. The quantitative estimate of drug-likeness (QED) is 0.887. The van der Waals surface area contributed by atoms with Crippen molar-refractivity contribution in [2.75, 3.05) is 6.61 Å². The Bertz CT molecular complexity index is 623. The van der Waals surface area contributed by atoms with Crippen LogP contribution in [0.2, 0.25) is 0 Å². The Balaban J connectivity index is 1.56. The molecule has 1 atom stereocenters. The topological polar surface area (TPSA) is 38.3 Å². The van der Waals surface area contributed by atoms with E-state index in [4.69, 9.17) is 4.74 Å². The average Bonchev–Trinajstić information content (AvgIpc) is 3.38. The van der Waals surface area contributed by atoms with E-state index in [1.165, 1.54) is 24.3 Å². The second kappa shape index (κ2) is 6.60. The van der Waals surface area contributed by atoms with Crippen LogP contribution in [-0.2, 0) is 4.79 Å². The van der Waals surface area contributed by atoms with Crippen molar-refractivity contribution in [1.82, 2.24) is 5.32 Å². The first-order valence-corrected chi connectivity index (χ1v) is 7.45. The van der Waals surface area contributed by atoms with Gasteiger partial charge in [0, 0.05) is 0 Å². The zero-order chi connectivity index (χ0) is 15.4. The maximum Gasteiger partial charge on any atom is 0.258 e. The molecule has 3 rings (SSSR count). The summed E-state index contributed by atoms with van der Waals surface area (Å²) in [5.41, 5.74) is 1.13. The van der Waals surface area contributed by atoms with Crippen molar-refractivity contribution in [3.05, 3.63) is 66.0 Å². The van der Waals surface area contributed by atoms with Crippen LogP contribution in [0.5, 0.6) is 5.75 Å². The Morgan fingerprint density at radius 3 is 2.45 bits per heavy atom. The third-order valence-electron chi connectivity index (χ3n) is 3.75. The molecule has 0 aliphatic heterocycles. The molecule has 2 aromatic carbocycles. The highest BCUT2D eigenvalue weighted by Gasteiger charge is 2.33. The molecule has 0 bridgehead atoms. The normalized spacial score (nSPS) is 15.1. The van der Waals surface area contributed by atoms with E-state index < -0.39 is 0 Å². The van der Waals surface area contributed by atoms with E-state index in [9.17, 15) is 9.18 Å². The fraction of sp³-hybridized carbons (Fsp3) is 0.278. The Kier molecular flexibility index (Phi) is 4.37. The largest absolute Gasteiger partial charge is 0.484 e. The van der Waals surface area contributed by atoms with E-state index in [-0.39, 0.29) is 24.4 Å². The van der Waals surface area contributed by atoms with Gasteiger partial charge in [0.2, 0.25) is 0 Å². The van der Waals surface area contributed by atoms with Crippen molar-refractivity contribution >= 4 is 5.91 Å². The minimum absolute atomic E-state index is 0.0468. The van der Waals surface area contributed by atoms with Gasteiger partial charge in [-0.05, 0) is 48.6 Å². The molecule has 1 unspecified atom stereocenters. The Labute approximate surface area is 129 Å². The van der Waals surface area contributed by atoms with Gasteiger partial charge in [0.1, 0.15) is 11.6 Å². The van der Waals surface area contributed by atoms with Crippen molar-refractivity contribution in [2.24, 2.45) is 5.92 Å². The van der Waals surface area contributed by atoms with Crippen molar-refractivity contribution in [2.45, 2.75) is 18.9 Å². The van der Waals surface area contributed by atoms with Crippen LogP contribution in [0.15, 0.2) is 54.6 Å². The van der Waals surface area contributed by atoms with Crippen LogP contribution >= 0.6 is 0 Å². The summed E-state index contributed by atoms with van der Waals surface area (Å²) in [5.74, 6) is 0.510. The molecule has 0 aromatic heterocycles. The van der Waals surface area contributed by atoms with Gasteiger partial charge in [-0.25, -0.2) is 4.39 Å². The van der Waals surface area contributed by atoms with Gasteiger partial charge in [0.05, 0.1) is 6.04 Å². The van der Waals surface area contributed by atoms with Crippen LogP contribution < -0.4 is 10.1 Å². The van der Waals surface area contributed by atoms with Gasteiger partial charge in [-0.1, -0.05) is 30.3 Å². The van der Waals surface area contributed by atoms with Crippen LogP contribution in [-0.4, -0.2) is 12.5 Å². The van der Waals surface area contributed by atoms with Gasteiger partial charge in [-0.2, -0.15) is 0 Å². The number of amides is 1. The van der Waals surface area contributed by atoms with E-state index in [2.05, 4.69) is 5.32 Å². The van der Waals surface area contributed by atoms with Gasteiger partial charge in [0.25, 0.3) is 5.91 Å². The van der Waals surface area contributed by atoms with Crippen molar-refractivity contribution < 1.29 is 13.9 Å². The predicted octanol–water partition coefficient (Wildman–Crippen LogP) is 3.47. The first-order chi connectivity index (χ1) is 10.7. The van der Waals surface area contributed by atoms with Crippen LogP contribution in [0.25, 0.3) is 0 Å². The number of nitrogens with one attached hydrogen (secondary N) is 1. The molecule has 22 heavy (non-hydrogen) atoms. The predicted molar refractivity (Wildman–Crippen MR) is 81.9 cm³/mol. The average molecular weight is 299 g/mol. The first-order valence-electron chi connectivity index (χ1n) is 7.45. The molecule has 114 valence electrons. The van der Waals surface area contributed by atoms with E-state index in [1.807, 2.05) is 30.3 Å². The Morgan fingerprint density at radius 2 is 1.82 bits per heavy atom. The summed E-state index contributed by atoms with van der Waals surface area (Å²) in [7, 11) is 0. The summed E-state index contributed by atoms with van der Waals surface area (Å²) >= 11 is 0. The van der Waals surface area contributed by atoms with Gasteiger partial charge >= 0.3 is 0 Å². The van der Waals surface area contributed by atoms with Crippen molar-refractivity contribution in [1.29, 1.82) is 0 Å². The highest BCUT2D eigenvalue weighted by molar-refractivity contribution is 5.78. The fourth-order valence-electron chi connectivity index (χ4n) is 2.46. The lowest BCUT2D eigenvalue weighted by Crippen LogP contribution is -2.33. The second-order valence-electron chi connectivity index (χ2n) is 5.54. The number of carbonyl (C=O) groups is 1. The number of halogens is 1. The molecule has 1 amide bonds. The Hall–Kier alpha value is -2.36. The third kappa shape index (κ3) is 3.85. The summed E-state index contributed by atoms with van der Waals surface area (Å²) in [5, 5.41) is 3.04. The second-order valence-corrected chi connectivity index (χ2v) is 5.54. The summed E-state index contributed by atoms with van der Waals surface area (Å²) in [6, 6.07) is 15.7. The molecule has 4 heteroatoms. The standard InChI is InChI=1S/C18H18FNO2/c19-15-8-10-16(11-9-15)22-12-17(21)20-18(14-6-7-14)13-4-2-1-3-5-13/h1-5,8-11,14,18H,6-7,12H2,(H,20,21). The summed E-state index contributed by atoms with van der Waals surface area (Å²) in [4.78, 5) is 12.1. The minimum atomic E-state index is -0.324. The number of rotatable bonds is 6. The number of hydrogen-bond acceptors (Lipinski definition) is 2. The lowest BCUT2D eigenvalue weighted by molar-refractivity contribution is -0.124. The molecule has 1 saturated carbocycles. The molecule has 1 aliphatic carbocycles. The summed E-state index contributed by atoms with van der Waals surface area (Å²) in [6.45, 7) is -0.0678.